The van der Waals surface area contributed by atoms with Crippen molar-refractivity contribution in [1.29, 1.82) is 0 Å². The molecule has 0 radical (unpaired) electrons. The smallest absolute Gasteiger partial charge is 0.223 e. The topological polar surface area (TPSA) is 49.6 Å². The van der Waals surface area contributed by atoms with E-state index in [1.54, 1.807) is 0 Å². The van der Waals surface area contributed by atoms with Crippen LogP contribution in [0.5, 0.6) is 0 Å². The summed E-state index contributed by atoms with van der Waals surface area (Å²) in [6, 6.07) is 1.24. The van der Waals surface area contributed by atoms with Crippen molar-refractivity contribution in [2.75, 3.05) is 26.7 Å². The standard InChI is InChI=1S/C14H29N3O/c1-12-6-4-7-13(2)17(12)11-8-14(18)16(3)10-5-9-15/h12-13H,4-11,15H2,1-3H3. The molecule has 4 heteroatoms. The lowest BCUT2D eigenvalue weighted by atomic mass is 9.97. The maximum Gasteiger partial charge on any atom is 0.223 e. The number of likely N-dealkylation sites (tertiary alicyclic amines) is 1. The first-order chi connectivity index (χ1) is 8.56. The zero-order valence-corrected chi connectivity index (χ0v) is 12.2. The second-order valence-electron chi connectivity index (χ2n) is 5.57. The number of carbonyl (C=O) groups is 1. The van der Waals surface area contributed by atoms with Crippen molar-refractivity contribution in [2.24, 2.45) is 5.73 Å². The zero-order chi connectivity index (χ0) is 13.5. The minimum atomic E-state index is 0.244. The van der Waals surface area contributed by atoms with Crippen molar-refractivity contribution in [2.45, 2.75) is 58.0 Å². The van der Waals surface area contributed by atoms with E-state index >= 15 is 0 Å². The van der Waals surface area contributed by atoms with Gasteiger partial charge in [-0.05, 0) is 39.7 Å². The van der Waals surface area contributed by atoms with Crippen LogP contribution in [0.3, 0.4) is 0 Å². The van der Waals surface area contributed by atoms with Crippen LogP contribution in [0.1, 0.15) is 46.0 Å². The molecule has 0 aromatic rings. The SMILES string of the molecule is CC1CCCC(C)N1CCC(=O)N(C)CCCN. The van der Waals surface area contributed by atoms with Crippen molar-refractivity contribution in [3.63, 3.8) is 0 Å². The van der Waals surface area contributed by atoms with E-state index in [4.69, 9.17) is 5.73 Å². The number of nitrogens with zero attached hydrogens (tertiary/aromatic N) is 2. The first kappa shape index (κ1) is 15.4. The molecule has 106 valence electrons. The maximum absolute atomic E-state index is 12.0. The lowest BCUT2D eigenvalue weighted by Gasteiger charge is -2.39. The van der Waals surface area contributed by atoms with Crippen LogP contribution in [0.2, 0.25) is 0 Å². The average molecular weight is 255 g/mol. The van der Waals surface area contributed by atoms with E-state index in [9.17, 15) is 4.79 Å². The molecule has 0 saturated carbocycles. The van der Waals surface area contributed by atoms with Crippen molar-refractivity contribution >= 4 is 5.91 Å². The van der Waals surface area contributed by atoms with Gasteiger partial charge >= 0.3 is 0 Å². The normalized spacial score (nSPS) is 25.1. The lowest BCUT2D eigenvalue weighted by Crippen LogP contribution is -2.45. The first-order valence-corrected chi connectivity index (χ1v) is 7.26. The summed E-state index contributed by atoms with van der Waals surface area (Å²) in [6.07, 6.45) is 5.38. The Kier molecular flexibility index (Phi) is 6.65. The highest BCUT2D eigenvalue weighted by atomic mass is 16.2. The van der Waals surface area contributed by atoms with E-state index in [-0.39, 0.29) is 5.91 Å². The molecule has 0 spiro atoms. The molecule has 0 bridgehead atoms. The average Bonchev–Trinajstić information content (AvgIpc) is 2.35. The van der Waals surface area contributed by atoms with Gasteiger partial charge in [-0.2, -0.15) is 0 Å². The fourth-order valence-electron chi connectivity index (χ4n) is 2.78. The quantitative estimate of drug-likeness (QED) is 0.781. The van der Waals surface area contributed by atoms with Gasteiger partial charge in [0.1, 0.15) is 0 Å². The molecule has 0 aromatic heterocycles. The van der Waals surface area contributed by atoms with E-state index in [0.29, 0.717) is 25.0 Å². The molecular formula is C14H29N3O. The van der Waals surface area contributed by atoms with Gasteiger partial charge in [0.2, 0.25) is 5.91 Å². The Hall–Kier alpha value is -0.610. The van der Waals surface area contributed by atoms with E-state index in [2.05, 4.69) is 18.7 Å². The van der Waals surface area contributed by atoms with Crippen molar-refractivity contribution in [3.05, 3.63) is 0 Å². The predicted octanol–water partition coefficient (Wildman–Crippen LogP) is 1.45. The summed E-state index contributed by atoms with van der Waals surface area (Å²) in [5, 5.41) is 0. The third kappa shape index (κ3) is 4.58. The monoisotopic (exact) mass is 255 g/mol. The molecule has 2 N–H and O–H groups in total. The number of hydrogen-bond donors (Lipinski definition) is 1. The third-order valence-corrected chi connectivity index (χ3v) is 4.08. The summed E-state index contributed by atoms with van der Waals surface area (Å²) in [5.74, 6) is 0.244. The van der Waals surface area contributed by atoms with Crippen LogP contribution in [0.4, 0.5) is 0 Å². The second kappa shape index (κ2) is 7.74. The van der Waals surface area contributed by atoms with Crippen LogP contribution in [-0.2, 0) is 4.79 Å². The summed E-state index contributed by atoms with van der Waals surface area (Å²) in [7, 11) is 1.88. The highest BCUT2D eigenvalue weighted by Crippen LogP contribution is 2.22. The van der Waals surface area contributed by atoms with Crippen molar-refractivity contribution in [1.82, 2.24) is 9.80 Å². The molecule has 1 saturated heterocycles. The van der Waals surface area contributed by atoms with Gasteiger partial charge in [0.25, 0.3) is 0 Å². The number of nitrogens with two attached hydrogens (primary N) is 1. The van der Waals surface area contributed by atoms with Gasteiger partial charge in [-0.3, -0.25) is 9.69 Å². The molecule has 18 heavy (non-hydrogen) atoms. The molecule has 0 aliphatic carbocycles. The van der Waals surface area contributed by atoms with Gasteiger partial charge in [0.05, 0.1) is 0 Å². The highest BCUT2D eigenvalue weighted by Gasteiger charge is 2.25. The molecule has 1 heterocycles. The van der Waals surface area contributed by atoms with Crippen LogP contribution < -0.4 is 5.73 Å². The minimum absolute atomic E-state index is 0.244. The Labute approximate surface area is 111 Å². The van der Waals surface area contributed by atoms with Gasteiger partial charge in [-0.25, -0.2) is 0 Å². The largest absolute Gasteiger partial charge is 0.346 e. The Morgan fingerprint density at radius 3 is 2.50 bits per heavy atom. The molecule has 1 aliphatic rings. The second-order valence-corrected chi connectivity index (χ2v) is 5.57. The van der Waals surface area contributed by atoms with Crippen molar-refractivity contribution < 1.29 is 4.79 Å². The summed E-state index contributed by atoms with van der Waals surface area (Å²) >= 11 is 0. The Balaban J connectivity index is 2.32. The fraction of sp³-hybridized carbons (Fsp3) is 0.929. The van der Waals surface area contributed by atoms with E-state index < -0.39 is 0 Å². The number of carbonyl (C=O) groups excluding carboxylic acids is 1. The number of amides is 1. The van der Waals surface area contributed by atoms with Gasteiger partial charge in [0, 0.05) is 38.6 Å². The minimum Gasteiger partial charge on any atom is -0.346 e. The van der Waals surface area contributed by atoms with Crippen molar-refractivity contribution in [3.8, 4) is 0 Å². The maximum atomic E-state index is 12.0. The Bertz CT molecular complexity index is 247. The van der Waals surface area contributed by atoms with Crippen LogP contribution in [0.25, 0.3) is 0 Å². The molecule has 4 nitrogen and oxygen atoms in total. The zero-order valence-electron chi connectivity index (χ0n) is 12.2. The summed E-state index contributed by atoms with van der Waals surface area (Å²) in [4.78, 5) is 16.3. The molecule has 1 amide bonds. The van der Waals surface area contributed by atoms with E-state index in [1.807, 2.05) is 11.9 Å². The number of piperidine rings is 1. The third-order valence-electron chi connectivity index (χ3n) is 4.08. The predicted molar refractivity (Wildman–Crippen MR) is 75.4 cm³/mol. The molecule has 2 unspecified atom stereocenters. The van der Waals surface area contributed by atoms with Gasteiger partial charge in [-0.15, -0.1) is 0 Å². The molecule has 1 aliphatic heterocycles. The van der Waals surface area contributed by atoms with Crippen LogP contribution in [0, 0.1) is 0 Å². The van der Waals surface area contributed by atoms with Crippen LogP contribution >= 0.6 is 0 Å². The van der Waals surface area contributed by atoms with Crippen LogP contribution in [-0.4, -0.2) is 54.5 Å². The Morgan fingerprint density at radius 2 is 1.94 bits per heavy atom. The van der Waals surface area contributed by atoms with E-state index in [0.717, 1.165) is 19.5 Å². The van der Waals surface area contributed by atoms with Gasteiger partial charge in [0.15, 0.2) is 0 Å². The lowest BCUT2D eigenvalue weighted by molar-refractivity contribution is -0.130. The molecular weight excluding hydrogens is 226 g/mol. The fourth-order valence-corrected chi connectivity index (χ4v) is 2.78. The number of hydrogen-bond acceptors (Lipinski definition) is 3. The molecule has 1 rings (SSSR count). The molecule has 2 atom stereocenters. The molecule has 1 fully saturated rings. The highest BCUT2D eigenvalue weighted by molar-refractivity contribution is 5.76. The van der Waals surface area contributed by atoms with E-state index in [1.165, 1.54) is 19.3 Å². The van der Waals surface area contributed by atoms with Gasteiger partial charge in [-0.1, -0.05) is 6.42 Å². The number of rotatable bonds is 6. The van der Waals surface area contributed by atoms with Gasteiger partial charge < -0.3 is 10.6 Å². The summed E-state index contributed by atoms with van der Waals surface area (Å²) < 4.78 is 0. The first-order valence-electron chi connectivity index (χ1n) is 7.26. The molecule has 0 aromatic carbocycles. The summed E-state index contributed by atoms with van der Waals surface area (Å²) in [6.45, 7) is 6.88. The summed E-state index contributed by atoms with van der Waals surface area (Å²) in [5.41, 5.74) is 5.46. The van der Waals surface area contributed by atoms with Crippen LogP contribution in [0.15, 0.2) is 0 Å². The Morgan fingerprint density at radius 1 is 1.33 bits per heavy atom.